The molecule has 0 spiro atoms. The number of carbonyl (C=O) groups excluding carboxylic acids is 1. The second-order valence-electron chi connectivity index (χ2n) is 6.21. The van der Waals surface area contributed by atoms with Crippen LogP contribution < -0.4 is 5.32 Å². The summed E-state index contributed by atoms with van der Waals surface area (Å²) in [4.78, 5) is 22.9. The monoisotopic (exact) mass is 292 g/mol. The molecule has 0 aliphatic rings. The molecular formula is C16H28N4O. The van der Waals surface area contributed by atoms with E-state index in [-0.39, 0.29) is 5.91 Å². The first kappa shape index (κ1) is 17.4. The van der Waals surface area contributed by atoms with E-state index in [4.69, 9.17) is 0 Å². The van der Waals surface area contributed by atoms with E-state index in [1.807, 2.05) is 4.90 Å². The molecule has 1 amide bonds. The molecule has 0 atom stereocenters. The van der Waals surface area contributed by atoms with Gasteiger partial charge in [0, 0.05) is 19.6 Å². The summed E-state index contributed by atoms with van der Waals surface area (Å²) in [7, 11) is 0. The molecule has 0 saturated carbocycles. The molecule has 0 bridgehead atoms. The van der Waals surface area contributed by atoms with Crippen molar-refractivity contribution >= 4 is 11.7 Å². The van der Waals surface area contributed by atoms with E-state index in [2.05, 4.69) is 49.9 Å². The van der Waals surface area contributed by atoms with Gasteiger partial charge < -0.3 is 10.2 Å². The van der Waals surface area contributed by atoms with Crippen molar-refractivity contribution in [3.63, 3.8) is 0 Å². The minimum Gasteiger partial charge on any atom is -0.369 e. The Balaban J connectivity index is 2.77. The maximum absolute atomic E-state index is 12.5. The number of aromatic nitrogens is 2. The van der Waals surface area contributed by atoms with Gasteiger partial charge >= 0.3 is 0 Å². The van der Waals surface area contributed by atoms with Gasteiger partial charge in [0.2, 0.25) is 0 Å². The Hall–Kier alpha value is -1.65. The SMILES string of the molecule is CCCNc1cnc(C(=O)N(CC(C)C)CC(C)C)cn1. The van der Waals surface area contributed by atoms with Crippen LogP contribution in [0.2, 0.25) is 0 Å². The molecule has 0 saturated heterocycles. The van der Waals surface area contributed by atoms with E-state index in [1.54, 1.807) is 12.4 Å². The zero-order chi connectivity index (χ0) is 15.8. The summed E-state index contributed by atoms with van der Waals surface area (Å²) in [6.07, 6.45) is 4.22. The Kier molecular flexibility index (Phi) is 7.12. The Morgan fingerprint density at radius 1 is 1.14 bits per heavy atom. The highest BCUT2D eigenvalue weighted by Crippen LogP contribution is 2.09. The number of nitrogens with one attached hydrogen (secondary N) is 1. The first-order valence-corrected chi connectivity index (χ1v) is 7.79. The fourth-order valence-electron chi connectivity index (χ4n) is 2.07. The lowest BCUT2D eigenvalue weighted by Crippen LogP contribution is -2.37. The number of nitrogens with zero attached hydrogens (tertiary/aromatic N) is 3. The van der Waals surface area contributed by atoms with Crippen LogP contribution in [-0.2, 0) is 0 Å². The van der Waals surface area contributed by atoms with Crippen molar-refractivity contribution in [1.82, 2.24) is 14.9 Å². The molecule has 5 nitrogen and oxygen atoms in total. The van der Waals surface area contributed by atoms with Crippen LogP contribution >= 0.6 is 0 Å². The lowest BCUT2D eigenvalue weighted by Gasteiger charge is -2.26. The Labute approximate surface area is 128 Å². The molecule has 0 aromatic carbocycles. The first-order chi connectivity index (χ1) is 9.93. The van der Waals surface area contributed by atoms with Gasteiger partial charge in [0.05, 0.1) is 12.4 Å². The molecule has 0 unspecified atom stereocenters. The van der Waals surface area contributed by atoms with Crippen molar-refractivity contribution in [1.29, 1.82) is 0 Å². The van der Waals surface area contributed by atoms with Gasteiger partial charge in [0.15, 0.2) is 0 Å². The third-order valence-electron chi connectivity index (χ3n) is 2.89. The predicted octanol–water partition coefficient (Wildman–Crippen LogP) is 3.05. The average molecular weight is 292 g/mol. The minimum atomic E-state index is -0.0352. The highest BCUT2D eigenvalue weighted by atomic mass is 16.2. The Morgan fingerprint density at radius 3 is 2.19 bits per heavy atom. The van der Waals surface area contributed by atoms with Crippen LogP contribution in [0.3, 0.4) is 0 Å². The number of amides is 1. The Morgan fingerprint density at radius 2 is 1.76 bits per heavy atom. The molecular weight excluding hydrogens is 264 g/mol. The van der Waals surface area contributed by atoms with E-state index in [1.165, 1.54) is 0 Å². The number of hydrogen-bond acceptors (Lipinski definition) is 4. The van der Waals surface area contributed by atoms with Crippen LogP contribution in [0.15, 0.2) is 12.4 Å². The summed E-state index contributed by atoms with van der Waals surface area (Å²) in [6, 6.07) is 0. The van der Waals surface area contributed by atoms with Gasteiger partial charge in [-0.25, -0.2) is 9.97 Å². The topological polar surface area (TPSA) is 58.1 Å². The maximum Gasteiger partial charge on any atom is 0.274 e. The molecule has 1 rings (SSSR count). The molecule has 1 N–H and O–H groups in total. The van der Waals surface area contributed by atoms with Crippen molar-refractivity contribution in [2.75, 3.05) is 25.0 Å². The predicted molar refractivity (Wildman–Crippen MR) is 86.4 cm³/mol. The Bertz CT molecular complexity index is 418. The van der Waals surface area contributed by atoms with Gasteiger partial charge in [0.1, 0.15) is 11.5 Å². The van der Waals surface area contributed by atoms with Crippen molar-refractivity contribution in [3.05, 3.63) is 18.1 Å². The lowest BCUT2D eigenvalue weighted by atomic mass is 10.1. The van der Waals surface area contributed by atoms with Crippen molar-refractivity contribution < 1.29 is 4.79 Å². The smallest absolute Gasteiger partial charge is 0.274 e. The molecule has 0 radical (unpaired) electrons. The fourth-order valence-corrected chi connectivity index (χ4v) is 2.07. The molecule has 0 fully saturated rings. The van der Waals surface area contributed by atoms with Crippen molar-refractivity contribution in [3.8, 4) is 0 Å². The number of rotatable bonds is 8. The van der Waals surface area contributed by atoms with Crippen LogP contribution in [0.5, 0.6) is 0 Å². The third kappa shape index (κ3) is 6.10. The van der Waals surface area contributed by atoms with Gasteiger partial charge in [-0.05, 0) is 18.3 Å². The molecule has 1 aromatic heterocycles. The molecule has 1 aromatic rings. The van der Waals surface area contributed by atoms with Crippen LogP contribution in [0, 0.1) is 11.8 Å². The second-order valence-corrected chi connectivity index (χ2v) is 6.21. The molecule has 118 valence electrons. The highest BCUT2D eigenvalue weighted by molar-refractivity contribution is 5.92. The van der Waals surface area contributed by atoms with Gasteiger partial charge in [-0.1, -0.05) is 34.6 Å². The molecule has 1 heterocycles. The van der Waals surface area contributed by atoms with Crippen molar-refractivity contribution in [2.24, 2.45) is 11.8 Å². The van der Waals surface area contributed by atoms with Gasteiger partial charge in [-0.3, -0.25) is 4.79 Å². The normalized spacial score (nSPS) is 11.0. The van der Waals surface area contributed by atoms with Gasteiger partial charge in [-0.15, -0.1) is 0 Å². The molecule has 0 aliphatic carbocycles. The van der Waals surface area contributed by atoms with E-state index < -0.39 is 0 Å². The van der Waals surface area contributed by atoms with Crippen LogP contribution in [0.25, 0.3) is 0 Å². The van der Waals surface area contributed by atoms with E-state index in [0.717, 1.165) is 26.1 Å². The summed E-state index contributed by atoms with van der Waals surface area (Å²) < 4.78 is 0. The fraction of sp³-hybridized carbons (Fsp3) is 0.688. The first-order valence-electron chi connectivity index (χ1n) is 7.79. The summed E-state index contributed by atoms with van der Waals surface area (Å²) in [6.45, 7) is 12.9. The van der Waals surface area contributed by atoms with Crippen LogP contribution in [0.1, 0.15) is 51.5 Å². The minimum absolute atomic E-state index is 0.0352. The van der Waals surface area contributed by atoms with E-state index in [9.17, 15) is 4.79 Å². The summed E-state index contributed by atoms with van der Waals surface area (Å²) in [5.41, 5.74) is 0.415. The maximum atomic E-state index is 12.5. The summed E-state index contributed by atoms with van der Waals surface area (Å²) in [5, 5.41) is 3.16. The standard InChI is InChI=1S/C16H28N4O/c1-6-7-17-15-9-18-14(8-19-15)16(21)20(10-12(2)3)11-13(4)5/h8-9,12-13H,6-7,10-11H2,1-5H3,(H,17,19). The zero-order valence-corrected chi connectivity index (χ0v) is 13.9. The highest BCUT2D eigenvalue weighted by Gasteiger charge is 2.19. The summed E-state index contributed by atoms with van der Waals surface area (Å²) >= 11 is 0. The van der Waals surface area contributed by atoms with Crippen molar-refractivity contribution in [2.45, 2.75) is 41.0 Å². The summed E-state index contributed by atoms with van der Waals surface area (Å²) in [5.74, 6) is 1.55. The van der Waals surface area contributed by atoms with Crippen LogP contribution in [-0.4, -0.2) is 40.4 Å². The molecule has 21 heavy (non-hydrogen) atoms. The molecule has 5 heteroatoms. The average Bonchev–Trinajstić information content (AvgIpc) is 2.43. The number of anilines is 1. The molecule has 0 aliphatic heterocycles. The zero-order valence-electron chi connectivity index (χ0n) is 13.9. The second kappa shape index (κ2) is 8.60. The quantitative estimate of drug-likeness (QED) is 0.800. The third-order valence-corrected chi connectivity index (χ3v) is 2.89. The lowest BCUT2D eigenvalue weighted by molar-refractivity contribution is 0.0708. The largest absolute Gasteiger partial charge is 0.369 e. The number of carbonyl (C=O) groups is 1. The van der Waals surface area contributed by atoms with E-state index in [0.29, 0.717) is 23.3 Å². The van der Waals surface area contributed by atoms with E-state index >= 15 is 0 Å². The van der Waals surface area contributed by atoms with Gasteiger partial charge in [-0.2, -0.15) is 0 Å². The number of hydrogen-bond donors (Lipinski definition) is 1. The van der Waals surface area contributed by atoms with Crippen LogP contribution in [0.4, 0.5) is 5.82 Å². The van der Waals surface area contributed by atoms with Gasteiger partial charge in [0.25, 0.3) is 5.91 Å².